The molecule has 0 aliphatic carbocycles. The van der Waals surface area contributed by atoms with E-state index in [0.29, 0.717) is 5.56 Å². The number of hydrogen-bond acceptors (Lipinski definition) is 2. The van der Waals surface area contributed by atoms with Gasteiger partial charge in [0.2, 0.25) is 0 Å². The highest BCUT2D eigenvalue weighted by atomic mass is 79.9. The van der Waals surface area contributed by atoms with E-state index in [0.717, 1.165) is 21.4 Å². The van der Waals surface area contributed by atoms with Gasteiger partial charge >= 0.3 is 0 Å². The van der Waals surface area contributed by atoms with E-state index in [1.54, 1.807) is 17.1 Å². The monoisotopic (exact) mass is 355 g/mol. The van der Waals surface area contributed by atoms with Crippen LogP contribution in [-0.4, -0.2) is 15.7 Å². The second kappa shape index (κ2) is 6.15. The van der Waals surface area contributed by atoms with Gasteiger partial charge in [-0.2, -0.15) is 5.10 Å². The summed E-state index contributed by atoms with van der Waals surface area (Å²) in [5.41, 5.74) is 3.25. The first kappa shape index (κ1) is 14.5. The summed E-state index contributed by atoms with van der Waals surface area (Å²) in [5.74, 6) is -0.169. The van der Waals surface area contributed by atoms with Crippen molar-refractivity contribution in [1.82, 2.24) is 9.78 Å². The van der Waals surface area contributed by atoms with Gasteiger partial charge in [0.15, 0.2) is 0 Å². The van der Waals surface area contributed by atoms with Gasteiger partial charge < -0.3 is 5.32 Å². The van der Waals surface area contributed by atoms with Crippen molar-refractivity contribution < 1.29 is 4.79 Å². The molecule has 1 heterocycles. The molecular weight excluding hydrogens is 342 g/mol. The van der Waals surface area contributed by atoms with E-state index in [1.807, 2.05) is 55.5 Å². The molecule has 1 N–H and O–H groups in total. The van der Waals surface area contributed by atoms with Crippen LogP contribution in [0.3, 0.4) is 0 Å². The molecule has 2 aromatic carbocycles. The molecule has 0 bridgehead atoms. The summed E-state index contributed by atoms with van der Waals surface area (Å²) in [6, 6.07) is 15.4. The zero-order valence-corrected chi connectivity index (χ0v) is 13.5. The summed E-state index contributed by atoms with van der Waals surface area (Å²) in [5, 5.41) is 7.14. The topological polar surface area (TPSA) is 46.9 Å². The molecule has 1 aromatic heterocycles. The van der Waals surface area contributed by atoms with Crippen LogP contribution >= 0.6 is 15.9 Å². The predicted octanol–water partition coefficient (Wildman–Crippen LogP) is 4.20. The summed E-state index contributed by atoms with van der Waals surface area (Å²) < 4.78 is 2.68. The Bertz CT molecular complexity index is 809. The third-order valence-electron chi connectivity index (χ3n) is 3.33. The van der Waals surface area contributed by atoms with Gasteiger partial charge in [-0.1, -0.05) is 34.1 Å². The number of carbonyl (C=O) groups excluding carboxylic acids is 1. The number of anilines is 1. The molecule has 0 aliphatic rings. The fraction of sp³-hybridized carbons (Fsp3) is 0.0588. The number of nitrogens with zero attached hydrogens (tertiary/aromatic N) is 2. The Labute approximate surface area is 136 Å². The Kier molecular flexibility index (Phi) is 4.06. The van der Waals surface area contributed by atoms with E-state index < -0.39 is 0 Å². The van der Waals surface area contributed by atoms with Gasteiger partial charge in [-0.15, -0.1) is 0 Å². The van der Waals surface area contributed by atoms with Crippen molar-refractivity contribution in [3.05, 3.63) is 76.5 Å². The Balaban J connectivity index is 1.80. The van der Waals surface area contributed by atoms with Crippen LogP contribution < -0.4 is 5.32 Å². The lowest BCUT2D eigenvalue weighted by atomic mass is 10.2. The maximum absolute atomic E-state index is 12.3. The van der Waals surface area contributed by atoms with Crippen LogP contribution in [0.15, 0.2) is 65.4 Å². The number of para-hydroxylation sites is 1. The maximum Gasteiger partial charge on any atom is 0.258 e. The van der Waals surface area contributed by atoms with E-state index in [9.17, 15) is 4.79 Å². The first-order valence-corrected chi connectivity index (χ1v) is 7.60. The number of amides is 1. The summed E-state index contributed by atoms with van der Waals surface area (Å²) in [4.78, 5) is 12.3. The van der Waals surface area contributed by atoms with Crippen LogP contribution in [-0.2, 0) is 0 Å². The molecule has 22 heavy (non-hydrogen) atoms. The average Bonchev–Trinajstić information content (AvgIpc) is 3.00. The molecule has 3 aromatic rings. The van der Waals surface area contributed by atoms with Gasteiger partial charge in [-0.05, 0) is 42.8 Å². The molecular formula is C17H14BrN3O. The third kappa shape index (κ3) is 3.09. The minimum absolute atomic E-state index is 0.169. The first-order valence-electron chi connectivity index (χ1n) is 6.81. The second-order valence-electron chi connectivity index (χ2n) is 4.92. The lowest BCUT2D eigenvalue weighted by molar-refractivity contribution is 0.102. The Morgan fingerprint density at radius 1 is 1.14 bits per heavy atom. The second-order valence-corrected chi connectivity index (χ2v) is 5.83. The van der Waals surface area contributed by atoms with E-state index in [-0.39, 0.29) is 5.91 Å². The van der Waals surface area contributed by atoms with Crippen LogP contribution in [0.5, 0.6) is 0 Å². The Morgan fingerprint density at radius 3 is 2.59 bits per heavy atom. The summed E-state index contributed by atoms with van der Waals surface area (Å²) in [6.07, 6.45) is 3.28. The molecule has 0 aliphatic heterocycles. The maximum atomic E-state index is 12.3. The van der Waals surface area contributed by atoms with Crippen molar-refractivity contribution >= 4 is 27.5 Å². The lowest BCUT2D eigenvalue weighted by Crippen LogP contribution is -2.11. The van der Waals surface area contributed by atoms with Gasteiger partial charge in [-0.25, -0.2) is 4.68 Å². The molecule has 0 saturated heterocycles. The van der Waals surface area contributed by atoms with Gasteiger partial charge in [0.05, 0.1) is 17.4 Å². The molecule has 0 fully saturated rings. The highest BCUT2D eigenvalue weighted by molar-refractivity contribution is 9.10. The number of halogens is 1. The normalized spacial score (nSPS) is 10.5. The number of benzene rings is 2. The first-order chi connectivity index (χ1) is 10.6. The van der Waals surface area contributed by atoms with E-state index in [2.05, 4.69) is 26.3 Å². The lowest BCUT2D eigenvalue weighted by Gasteiger charge is -2.06. The molecule has 1 amide bonds. The number of aromatic nitrogens is 2. The van der Waals surface area contributed by atoms with Crippen molar-refractivity contribution in [3.8, 4) is 5.69 Å². The zero-order valence-electron chi connectivity index (χ0n) is 12.0. The predicted molar refractivity (Wildman–Crippen MR) is 90.4 cm³/mol. The average molecular weight is 356 g/mol. The molecule has 3 rings (SSSR count). The molecule has 110 valence electrons. The van der Waals surface area contributed by atoms with Gasteiger partial charge in [0.25, 0.3) is 5.91 Å². The Hall–Kier alpha value is -2.40. The van der Waals surface area contributed by atoms with Gasteiger partial charge in [0, 0.05) is 16.4 Å². The largest absolute Gasteiger partial charge is 0.322 e. The fourth-order valence-corrected chi connectivity index (χ4v) is 2.35. The smallest absolute Gasteiger partial charge is 0.258 e. The van der Waals surface area contributed by atoms with E-state index in [1.165, 1.54) is 0 Å². The van der Waals surface area contributed by atoms with E-state index >= 15 is 0 Å². The van der Waals surface area contributed by atoms with Crippen molar-refractivity contribution in [1.29, 1.82) is 0 Å². The van der Waals surface area contributed by atoms with Gasteiger partial charge in [-0.3, -0.25) is 4.79 Å². The van der Waals surface area contributed by atoms with Crippen LogP contribution in [0.2, 0.25) is 0 Å². The van der Waals surface area contributed by atoms with Crippen molar-refractivity contribution in [3.63, 3.8) is 0 Å². The molecule has 5 heteroatoms. The highest BCUT2D eigenvalue weighted by Crippen LogP contribution is 2.16. The molecule has 0 radical (unpaired) electrons. The van der Waals surface area contributed by atoms with Crippen LogP contribution in [0.4, 0.5) is 5.69 Å². The fourth-order valence-electron chi connectivity index (χ4n) is 2.08. The summed E-state index contributed by atoms with van der Waals surface area (Å²) in [7, 11) is 0. The van der Waals surface area contributed by atoms with Crippen LogP contribution in [0, 0.1) is 6.92 Å². The third-order valence-corrected chi connectivity index (χ3v) is 3.86. The summed E-state index contributed by atoms with van der Waals surface area (Å²) >= 11 is 3.40. The quantitative estimate of drug-likeness (QED) is 0.765. The number of rotatable bonds is 3. The SMILES string of the molecule is Cc1ccccc1NC(=O)c1cnn(-c2ccc(Br)cc2)c1. The van der Waals surface area contributed by atoms with Crippen LogP contribution in [0.25, 0.3) is 5.69 Å². The summed E-state index contributed by atoms with van der Waals surface area (Å²) in [6.45, 7) is 1.96. The number of carbonyl (C=O) groups is 1. The number of nitrogens with one attached hydrogen (secondary N) is 1. The van der Waals surface area contributed by atoms with E-state index in [4.69, 9.17) is 0 Å². The zero-order chi connectivity index (χ0) is 15.5. The van der Waals surface area contributed by atoms with Gasteiger partial charge in [0.1, 0.15) is 0 Å². The molecule has 0 spiro atoms. The Morgan fingerprint density at radius 2 is 1.86 bits per heavy atom. The molecule has 0 atom stereocenters. The molecule has 4 nitrogen and oxygen atoms in total. The van der Waals surface area contributed by atoms with Crippen molar-refractivity contribution in [2.45, 2.75) is 6.92 Å². The highest BCUT2D eigenvalue weighted by Gasteiger charge is 2.10. The van der Waals surface area contributed by atoms with Crippen LogP contribution in [0.1, 0.15) is 15.9 Å². The minimum atomic E-state index is -0.169. The van der Waals surface area contributed by atoms with Crippen molar-refractivity contribution in [2.75, 3.05) is 5.32 Å². The molecule has 0 saturated carbocycles. The van der Waals surface area contributed by atoms with Crippen molar-refractivity contribution in [2.24, 2.45) is 0 Å². The standard InChI is InChI=1S/C17H14BrN3O/c1-12-4-2-3-5-16(12)20-17(22)13-10-19-21(11-13)15-8-6-14(18)7-9-15/h2-11H,1H3,(H,20,22). The minimum Gasteiger partial charge on any atom is -0.322 e. The number of hydrogen-bond donors (Lipinski definition) is 1. The molecule has 0 unspecified atom stereocenters. The number of aryl methyl sites for hydroxylation is 1.